The molecule has 0 aromatic heterocycles. The van der Waals surface area contributed by atoms with Crippen molar-refractivity contribution in [1.82, 2.24) is 10.2 Å². The zero-order chi connectivity index (χ0) is 19.3. The molecule has 1 aromatic carbocycles. The van der Waals surface area contributed by atoms with Gasteiger partial charge in [-0.2, -0.15) is 0 Å². The van der Waals surface area contributed by atoms with E-state index in [9.17, 15) is 14.0 Å². The van der Waals surface area contributed by atoms with Crippen molar-refractivity contribution in [2.45, 2.75) is 45.3 Å². The first-order valence-electron chi connectivity index (χ1n) is 8.49. The van der Waals surface area contributed by atoms with Crippen LogP contribution in [0.5, 0.6) is 5.75 Å². The minimum absolute atomic E-state index is 0.00811. The van der Waals surface area contributed by atoms with Crippen LogP contribution in [0, 0.1) is 5.82 Å². The number of ether oxygens (including phenoxy) is 2. The third-order valence-electron chi connectivity index (χ3n) is 3.70. The standard InChI is InChI=1S/C18H24ClFN2O4/c1-18(2,3)26-17(24)22-8-4-5-12(10-22)21-16(23)11-25-13-6-7-14(19)15(20)9-13/h6-7,9,12H,4-5,8,10-11H2,1-3H3,(H,21,23)/t12-/m1/s1. The number of likely N-dealkylation sites (tertiary alicyclic amines) is 1. The van der Waals surface area contributed by atoms with E-state index < -0.39 is 11.4 Å². The Balaban J connectivity index is 1.80. The molecule has 1 aromatic rings. The molecule has 144 valence electrons. The molecule has 1 saturated heterocycles. The molecule has 0 saturated carbocycles. The fourth-order valence-corrected chi connectivity index (χ4v) is 2.69. The molecular weight excluding hydrogens is 363 g/mol. The van der Waals surface area contributed by atoms with Gasteiger partial charge in [-0.1, -0.05) is 11.6 Å². The lowest BCUT2D eigenvalue weighted by Gasteiger charge is -2.34. The van der Waals surface area contributed by atoms with Crippen LogP contribution in [0.4, 0.5) is 9.18 Å². The van der Waals surface area contributed by atoms with E-state index in [1.807, 2.05) is 20.8 Å². The summed E-state index contributed by atoms with van der Waals surface area (Å²) in [4.78, 5) is 25.8. The summed E-state index contributed by atoms with van der Waals surface area (Å²) in [6, 6.07) is 3.81. The number of piperidine rings is 1. The second kappa shape index (κ2) is 8.58. The molecule has 1 N–H and O–H groups in total. The van der Waals surface area contributed by atoms with E-state index in [-0.39, 0.29) is 35.4 Å². The molecule has 6 nitrogen and oxygen atoms in total. The van der Waals surface area contributed by atoms with E-state index in [1.54, 1.807) is 4.90 Å². The summed E-state index contributed by atoms with van der Waals surface area (Å²) in [5.74, 6) is -0.720. The normalized spacial score (nSPS) is 17.6. The average molecular weight is 387 g/mol. The predicted octanol–water partition coefficient (Wildman–Crippen LogP) is 3.37. The topological polar surface area (TPSA) is 67.9 Å². The van der Waals surface area contributed by atoms with Gasteiger partial charge in [-0.05, 0) is 45.7 Å². The first-order valence-corrected chi connectivity index (χ1v) is 8.87. The molecule has 0 bridgehead atoms. The summed E-state index contributed by atoms with van der Waals surface area (Å²) in [5, 5.41) is 2.82. The third-order valence-corrected chi connectivity index (χ3v) is 4.01. The first-order chi connectivity index (χ1) is 12.1. The van der Waals surface area contributed by atoms with E-state index in [2.05, 4.69) is 5.32 Å². The highest BCUT2D eigenvalue weighted by Crippen LogP contribution is 2.20. The van der Waals surface area contributed by atoms with Crippen LogP contribution >= 0.6 is 11.6 Å². The maximum absolute atomic E-state index is 13.4. The fraction of sp³-hybridized carbons (Fsp3) is 0.556. The lowest BCUT2D eigenvalue weighted by Crippen LogP contribution is -2.51. The minimum Gasteiger partial charge on any atom is -0.484 e. The molecule has 1 atom stereocenters. The summed E-state index contributed by atoms with van der Waals surface area (Å²) in [5.41, 5.74) is -0.561. The highest BCUT2D eigenvalue weighted by Gasteiger charge is 2.28. The average Bonchev–Trinajstić information content (AvgIpc) is 2.54. The Labute approximate surface area is 157 Å². The Bertz CT molecular complexity index is 663. The number of carbonyl (C=O) groups excluding carboxylic acids is 2. The lowest BCUT2D eigenvalue weighted by atomic mass is 10.1. The van der Waals surface area contributed by atoms with Crippen LogP contribution in [0.2, 0.25) is 5.02 Å². The summed E-state index contributed by atoms with van der Waals surface area (Å²) < 4.78 is 24.0. The van der Waals surface area contributed by atoms with Crippen LogP contribution in [0.25, 0.3) is 0 Å². The van der Waals surface area contributed by atoms with Gasteiger partial charge >= 0.3 is 6.09 Å². The molecule has 0 unspecified atom stereocenters. The molecule has 0 radical (unpaired) electrons. The Morgan fingerprint density at radius 2 is 2.12 bits per heavy atom. The Morgan fingerprint density at radius 3 is 2.77 bits per heavy atom. The molecule has 8 heteroatoms. The fourth-order valence-electron chi connectivity index (χ4n) is 2.57. The smallest absolute Gasteiger partial charge is 0.410 e. The first kappa shape index (κ1) is 20.3. The van der Waals surface area contributed by atoms with Gasteiger partial charge in [0.2, 0.25) is 0 Å². The van der Waals surface area contributed by atoms with E-state index >= 15 is 0 Å². The van der Waals surface area contributed by atoms with Crippen molar-refractivity contribution in [1.29, 1.82) is 0 Å². The van der Waals surface area contributed by atoms with Gasteiger partial charge < -0.3 is 19.7 Å². The summed E-state index contributed by atoms with van der Waals surface area (Å²) in [6.07, 6.45) is 1.15. The van der Waals surface area contributed by atoms with Crippen molar-refractivity contribution >= 4 is 23.6 Å². The van der Waals surface area contributed by atoms with Crippen LogP contribution in [0.1, 0.15) is 33.6 Å². The number of hydrogen-bond donors (Lipinski definition) is 1. The van der Waals surface area contributed by atoms with Gasteiger partial charge in [0.05, 0.1) is 5.02 Å². The molecule has 1 fully saturated rings. The van der Waals surface area contributed by atoms with Crippen LogP contribution in [0.15, 0.2) is 18.2 Å². The lowest BCUT2D eigenvalue weighted by molar-refractivity contribution is -0.124. The van der Waals surface area contributed by atoms with E-state index in [0.29, 0.717) is 13.1 Å². The minimum atomic E-state index is -0.607. The van der Waals surface area contributed by atoms with Crippen LogP contribution < -0.4 is 10.1 Å². The van der Waals surface area contributed by atoms with Crippen molar-refractivity contribution in [3.05, 3.63) is 29.0 Å². The monoisotopic (exact) mass is 386 g/mol. The Kier molecular flexibility index (Phi) is 6.69. The number of hydrogen-bond acceptors (Lipinski definition) is 4. The van der Waals surface area contributed by atoms with E-state index in [0.717, 1.165) is 18.9 Å². The highest BCUT2D eigenvalue weighted by molar-refractivity contribution is 6.30. The van der Waals surface area contributed by atoms with Crippen molar-refractivity contribution < 1.29 is 23.5 Å². The number of rotatable bonds is 4. The van der Waals surface area contributed by atoms with Crippen LogP contribution in [-0.4, -0.2) is 48.2 Å². The van der Waals surface area contributed by atoms with Crippen molar-refractivity contribution in [2.24, 2.45) is 0 Å². The van der Waals surface area contributed by atoms with Gasteiger partial charge in [-0.15, -0.1) is 0 Å². The largest absolute Gasteiger partial charge is 0.484 e. The van der Waals surface area contributed by atoms with Crippen LogP contribution in [-0.2, 0) is 9.53 Å². The summed E-state index contributed by atoms with van der Waals surface area (Å²) in [6.45, 7) is 6.17. The maximum atomic E-state index is 13.4. The van der Waals surface area contributed by atoms with Gasteiger partial charge in [0.1, 0.15) is 17.2 Å². The molecule has 1 aliphatic rings. The zero-order valence-electron chi connectivity index (χ0n) is 15.2. The number of nitrogens with one attached hydrogen (secondary N) is 1. The maximum Gasteiger partial charge on any atom is 0.410 e. The van der Waals surface area contributed by atoms with Gasteiger partial charge in [0.15, 0.2) is 6.61 Å². The highest BCUT2D eigenvalue weighted by atomic mass is 35.5. The molecule has 26 heavy (non-hydrogen) atoms. The number of carbonyl (C=O) groups is 2. The summed E-state index contributed by atoms with van der Waals surface area (Å²) >= 11 is 5.60. The Morgan fingerprint density at radius 1 is 1.38 bits per heavy atom. The van der Waals surface area contributed by atoms with Crippen molar-refractivity contribution in [3.8, 4) is 5.75 Å². The van der Waals surface area contributed by atoms with Gasteiger partial charge in [0, 0.05) is 25.2 Å². The number of amides is 2. The molecule has 0 aliphatic carbocycles. The molecule has 1 heterocycles. The molecule has 0 spiro atoms. The predicted molar refractivity (Wildman–Crippen MR) is 95.9 cm³/mol. The Hall–Kier alpha value is -2.02. The number of nitrogens with zero attached hydrogens (tertiary/aromatic N) is 1. The van der Waals surface area contributed by atoms with Gasteiger partial charge in [0.25, 0.3) is 5.91 Å². The third kappa shape index (κ3) is 6.37. The quantitative estimate of drug-likeness (QED) is 0.861. The van der Waals surface area contributed by atoms with E-state index in [1.165, 1.54) is 12.1 Å². The van der Waals surface area contributed by atoms with Crippen molar-refractivity contribution in [2.75, 3.05) is 19.7 Å². The van der Waals surface area contributed by atoms with Crippen LogP contribution in [0.3, 0.4) is 0 Å². The van der Waals surface area contributed by atoms with Gasteiger partial charge in [-0.25, -0.2) is 9.18 Å². The number of benzene rings is 1. The molecule has 2 amide bonds. The SMILES string of the molecule is CC(C)(C)OC(=O)N1CCC[C@@H](NC(=O)COc2ccc(Cl)c(F)c2)C1. The zero-order valence-corrected chi connectivity index (χ0v) is 15.9. The molecule has 1 aliphatic heterocycles. The molecule has 2 rings (SSSR count). The van der Waals surface area contributed by atoms with Crippen molar-refractivity contribution in [3.63, 3.8) is 0 Å². The summed E-state index contributed by atoms with van der Waals surface area (Å²) in [7, 11) is 0. The van der Waals surface area contributed by atoms with E-state index in [4.69, 9.17) is 21.1 Å². The van der Waals surface area contributed by atoms with Gasteiger partial charge in [-0.3, -0.25) is 4.79 Å². The number of halogens is 2. The second-order valence-corrected chi connectivity index (χ2v) is 7.60. The molecular formula is C18H24ClFN2O4. The second-order valence-electron chi connectivity index (χ2n) is 7.20.